The van der Waals surface area contributed by atoms with Crippen molar-refractivity contribution in [2.75, 3.05) is 18.8 Å². The second kappa shape index (κ2) is 6.88. The molecule has 0 bridgehead atoms. The largest absolute Gasteiger partial charge is 0.417 e. The van der Waals surface area contributed by atoms with Gasteiger partial charge >= 0.3 is 5.76 Å². The van der Waals surface area contributed by atoms with E-state index >= 15 is 0 Å². The number of oxazole rings is 1. The lowest BCUT2D eigenvalue weighted by molar-refractivity contribution is -0.124. The number of carbonyl (C=O) groups is 2. The van der Waals surface area contributed by atoms with Crippen LogP contribution in [0.2, 0.25) is 0 Å². The Morgan fingerprint density at radius 2 is 1.80 bits per heavy atom. The van der Waals surface area contributed by atoms with Crippen molar-refractivity contribution >= 4 is 49.4 Å². The summed E-state index contributed by atoms with van der Waals surface area (Å²) in [6.45, 7) is 0. The number of nitrogens with one attached hydrogen (secondary N) is 3. The lowest BCUT2D eigenvalue weighted by Gasteiger charge is -2.10. The van der Waals surface area contributed by atoms with Crippen LogP contribution in [0.25, 0.3) is 22.0 Å². The maximum absolute atomic E-state index is 12.8. The lowest BCUT2D eigenvalue weighted by Crippen LogP contribution is -2.29. The molecular formula is C19H16N4O6S. The zero-order valence-electron chi connectivity index (χ0n) is 15.8. The van der Waals surface area contributed by atoms with Gasteiger partial charge in [0, 0.05) is 42.9 Å². The minimum absolute atomic E-state index is 0.106. The number of fused-ring (bicyclic) bond motifs is 2. The van der Waals surface area contributed by atoms with Crippen LogP contribution in [0, 0.1) is 0 Å². The summed E-state index contributed by atoms with van der Waals surface area (Å²) in [6.07, 6.45) is 1.41. The number of amides is 1. The molecule has 0 saturated heterocycles. The molecule has 154 valence electrons. The van der Waals surface area contributed by atoms with Crippen LogP contribution in [-0.4, -0.2) is 49.1 Å². The van der Waals surface area contributed by atoms with Crippen LogP contribution in [0.5, 0.6) is 0 Å². The molecule has 4 aromatic rings. The van der Waals surface area contributed by atoms with Crippen molar-refractivity contribution in [2.24, 2.45) is 0 Å². The van der Waals surface area contributed by atoms with Gasteiger partial charge in [0.15, 0.2) is 5.58 Å². The normalized spacial score (nSPS) is 11.7. The molecule has 0 radical (unpaired) electrons. The topological polar surface area (TPSA) is 145 Å². The molecule has 2 aromatic carbocycles. The summed E-state index contributed by atoms with van der Waals surface area (Å²) < 4.78 is 32.9. The second-order valence-corrected chi connectivity index (χ2v) is 8.45. The molecule has 0 atom stereocenters. The number of nitrogens with zero attached hydrogens (tertiary/aromatic N) is 1. The van der Waals surface area contributed by atoms with Crippen LogP contribution in [-0.2, 0) is 14.8 Å². The Morgan fingerprint density at radius 3 is 2.53 bits per heavy atom. The minimum atomic E-state index is -4.01. The van der Waals surface area contributed by atoms with Crippen LogP contribution < -0.4 is 10.5 Å². The Bertz CT molecular complexity index is 1480. The molecule has 0 aliphatic heterocycles. The number of anilines is 1. The molecule has 10 nitrogen and oxygen atoms in total. The third kappa shape index (κ3) is 3.35. The van der Waals surface area contributed by atoms with Gasteiger partial charge in [-0.2, -0.15) is 0 Å². The highest BCUT2D eigenvalue weighted by Gasteiger charge is 2.22. The summed E-state index contributed by atoms with van der Waals surface area (Å²) in [6, 6.07) is 8.57. The molecule has 2 aromatic heterocycles. The number of hydrogen-bond donors (Lipinski definition) is 3. The van der Waals surface area contributed by atoms with Gasteiger partial charge in [0.2, 0.25) is 0 Å². The van der Waals surface area contributed by atoms with Gasteiger partial charge in [0.05, 0.1) is 16.0 Å². The highest BCUT2D eigenvalue weighted by Crippen LogP contribution is 2.26. The molecule has 4 rings (SSSR count). The molecule has 0 fully saturated rings. The van der Waals surface area contributed by atoms with Crippen LogP contribution in [0.1, 0.15) is 10.4 Å². The SMILES string of the molecule is CN(C)C(=O)C(=O)c1c[nH]c2ccc(NS(=O)(=O)c3ccc4[nH]c(=O)oc4c3)cc12. The molecule has 3 N–H and O–H groups in total. The molecule has 0 aliphatic carbocycles. The van der Waals surface area contributed by atoms with Crippen LogP contribution >= 0.6 is 0 Å². The fraction of sp³-hybridized carbons (Fsp3) is 0.105. The number of benzene rings is 2. The third-order valence-corrected chi connectivity index (χ3v) is 5.86. The number of H-pyrrole nitrogens is 2. The predicted molar refractivity (Wildman–Crippen MR) is 109 cm³/mol. The molecule has 11 heteroatoms. The number of likely N-dealkylation sites (N-methyl/N-ethyl adjacent to an activating group) is 1. The van der Waals surface area contributed by atoms with Crippen LogP contribution in [0.4, 0.5) is 5.69 Å². The molecule has 1 amide bonds. The highest BCUT2D eigenvalue weighted by atomic mass is 32.2. The van der Waals surface area contributed by atoms with Gasteiger partial charge in [-0.25, -0.2) is 13.2 Å². The first-order chi connectivity index (χ1) is 14.2. The Morgan fingerprint density at radius 1 is 1.07 bits per heavy atom. The lowest BCUT2D eigenvalue weighted by atomic mass is 10.1. The van der Waals surface area contributed by atoms with E-state index < -0.39 is 27.5 Å². The summed E-state index contributed by atoms with van der Waals surface area (Å²) in [5, 5.41) is 0.405. The fourth-order valence-corrected chi connectivity index (χ4v) is 4.06. The smallest absolute Gasteiger partial charge is 0.408 e. The van der Waals surface area contributed by atoms with Crippen molar-refractivity contribution < 1.29 is 22.4 Å². The van der Waals surface area contributed by atoms with Crippen molar-refractivity contribution in [2.45, 2.75) is 4.90 Å². The third-order valence-electron chi connectivity index (χ3n) is 4.48. The summed E-state index contributed by atoms with van der Waals surface area (Å²) >= 11 is 0. The standard InChI is InChI=1S/C19H16N4O6S/c1-23(2)18(25)17(24)13-9-20-14-5-3-10(7-12(13)14)22-30(27,28)11-4-6-15-16(8-11)29-19(26)21-15/h3-9,20,22H,1-2H3,(H,21,26). The van der Waals surface area contributed by atoms with Crippen molar-refractivity contribution in [3.05, 3.63) is 58.7 Å². The molecular weight excluding hydrogens is 412 g/mol. The molecule has 2 heterocycles. The van der Waals surface area contributed by atoms with Gasteiger partial charge in [-0.05, 0) is 30.3 Å². The van der Waals surface area contributed by atoms with Crippen molar-refractivity contribution in [3.63, 3.8) is 0 Å². The first-order valence-electron chi connectivity index (χ1n) is 8.68. The van der Waals surface area contributed by atoms with E-state index in [1.165, 1.54) is 55.5 Å². The van der Waals surface area contributed by atoms with Crippen LogP contribution in [0.3, 0.4) is 0 Å². The van der Waals surface area contributed by atoms with E-state index in [9.17, 15) is 22.8 Å². The number of aromatic nitrogens is 2. The van der Waals surface area contributed by atoms with Gasteiger partial charge in [-0.15, -0.1) is 0 Å². The molecule has 0 spiro atoms. The minimum Gasteiger partial charge on any atom is -0.408 e. The summed E-state index contributed by atoms with van der Waals surface area (Å²) in [7, 11) is -1.07. The summed E-state index contributed by atoms with van der Waals surface area (Å²) in [5.74, 6) is -2.09. The quantitative estimate of drug-likeness (QED) is 0.326. The van der Waals surface area contributed by atoms with Crippen molar-refractivity contribution in [1.82, 2.24) is 14.9 Å². The van der Waals surface area contributed by atoms with Crippen molar-refractivity contribution in [1.29, 1.82) is 0 Å². The van der Waals surface area contributed by atoms with Crippen LogP contribution in [0.15, 0.2) is 56.7 Å². The summed E-state index contributed by atoms with van der Waals surface area (Å²) in [4.78, 5) is 42.1. The molecule has 0 aliphatic rings. The number of Topliss-reactive ketones (excluding diaryl/α,β-unsaturated/α-hetero) is 1. The van der Waals surface area contributed by atoms with E-state index in [2.05, 4.69) is 14.7 Å². The number of sulfonamides is 1. The van der Waals surface area contributed by atoms with Crippen molar-refractivity contribution in [3.8, 4) is 0 Å². The van der Waals surface area contributed by atoms with E-state index in [-0.39, 0.29) is 21.7 Å². The Kier molecular flexibility index (Phi) is 4.46. The maximum Gasteiger partial charge on any atom is 0.417 e. The number of hydrogen-bond acceptors (Lipinski definition) is 6. The monoisotopic (exact) mass is 428 g/mol. The fourth-order valence-electron chi connectivity index (χ4n) is 3.00. The van der Waals surface area contributed by atoms with E-state index in [4.69, 9.17) is 4.42 Å². The first kappa shape index (κ1) is 19.5. The zero-order valence-corrected chi connectivity index (χ0v) is 16.7. The first-order valence-corrected chi connectivity index (χ1v) is 10.2. The van der Waals surface area contributed by atoms with Gasteiger partial charge in [0.1, 0.15) is 0 Å². The molecule has 30 heavy (non-hydrogen) atoms. The van der Waals surface area contributed by atoms with E-state index in [1.807, 2.05) is 0 Å². The highest BCUT2D eigenvalue weighted by molar-refractivity contribution is 7.92. The predicted octanol–water partition coefficient (Wildman–Crippen LogP) is 1.67. The number of carbonyl (C=O) groups excluding carboxylic acids is 2. The van der Waals surface area contributed by atoms with E-state index in [1.54, 1.807) is 6.07 Å². The molecule has 0 unspecified atom stereocenters. The summed E-state index contributed by atoms with van der Waals surface area (Å²) in [5.41, 5.74) is 1.40. The van der Waals surface area contributed by atoms with E-state index in [0.29, 0.717) is 16.4 Å². The Hall–Kier alpha value is -3.86. The number of aromatic amines is 2. The van der Waals surface area contributed by atoms with Gasteiger partial charge < -0.3 is 14.3 Å². The van der Waals surface area contributed by atoms with Gasteiger partial charge in [-0.1, -0.05) is 0 Å². The average Bonchev–Trinajstić information content (AvgIpc) is 3.27. The molecule has 0 saturated carbocycles. The van der Waals surface area contributed by atoms with Gasteiger partial charge in [-0.3, -0.25) is 19.3 Å². The second-order valence-electron chi connectivity index (χ2n) is 6.77. The Balaban J connectivity index is 1.70. The zero-order chi connectivity index (χ0) is 21.6. The number of rotatable bonds is 5. The maximum atomic E-state index is 12.8. The Labute approximate surface area is 169 Å². The number of ketones is 1. The van der Waals surface area contributed by atoms with Gasteiger partial charge in [0.25, 0.3) is 21.7 Å². The van der Waals surface area contributed by atoms with E-state index in [0.717, 1.165) is 0 Å². The average molecular weight is 428 g/mol.